The number of aromatic nitrogens is 2. The maximum atomic E-state index is 12.0. The minimum Gasteiger partial charge on any atom is -0.182 e. The van der Waals surface area contributed by atoms with Gasteiger partial charge in [0.05, 0.1) is 6.20 Å². The lowest BCUT2D eigenvalue weighted by atomic mass is 10.4. The quantitative estimate of drug-likeness (QED) is 0.498. The number of hydrogen-bond donors (Lipinski definition) is 0. The Bertz CT molecular complexity index is 174. The van der Waals surface area contributed by atoms with E-state index in [0.29, 0.717) is 0 Å². The average Bonchev–Trinajstić information content (AvgIpc) is 1.98. The molecular formula is C4H4F2N2. The summed E-state index contributed by atoms with van der Waals surface area (Å²) in [5, 5.41) is 2.99. The van der Waals surface area contributed by atoms with Gasteiger partial charge in [0.2, 0.25) is 5.95 Å². The van der Waals surface area contributed by atoms with Crippen LogP contribution in [-0.2, 0) is 0 Å². The number of hydrogen-bond acceptors (Lipinski definition) is 1. The summed E-state index contributed by atoms with van der Waals surface area (Å²) in [7, 11) is 0. The first-order valence-corrected chi connectivity index (χ1v) is 2.08. The summed E-state index contributed by atoms with van der Waals surface area (Å²) in [6, 6.07) is 0. The van der Waals surface area contributed by atoms with Crippen LogP contribution in [0.5, 0.6) is 0 Å². The molecule has 0 unspecified atom stereocenters. The number of aryl methyl sites for hydroxylation is 1. The van der Waals surface area contributed by atoms with Crippen LogP contribution in [0.1, 0.15) is 5.56 Å². The Labute approximate surface area is 44.7 Å². The third-order valence-corrected chi connectivity index (χ3v) is 0.840. The smallest absolute Gasteiger partial charge is 0.182 e. The molecule has 0 aliphatic carbocycles. The molecule has 0 N–H and O–H groups in total. The molecule has 0 bridgehead atoms. The minimum absolute atomic E-state index is 0.215. The molecule has 2 nitrogen and oxygen atoms in total. The Hall–Kier alpha value is -0.930. The lowest BCUT2D eigenvalue weighted by molar-refractivity contribution is 0.254. The van der Waals surface area contributed by atoms with Crippen LogP contribution in [0, 0.1) is 12.9 Å². The van der Waals surface area contributed by atoms with Crippen molar-refractivity contribution in [2.45, 2.75) is 6.92 Å². The number of rotatable bonds is 0. The Morgan fingerprint density at radius 1 is 1.75 bits per heavy atom. The SMILES string of the molecule is Cc1cnn(F)c1F. The summed E-state index contributed by atoms with van der Waals surface area (Å²) in [6.07, 6.45) is 1.12. The normalized spacial score (nSPS) is 9.88. The molecule has 4 heteroatoms. The van der Waals surface area contributed by atoms with Crippen molar-refractivity contribution in [1.29, 1.82) is 0 Å². The second kappa shape index (κ2) is 1.54. The number of nitrogens with zero attached hydrogens (tertiary/aromatic N) is 2. The van der Waals surface area contributed by atoms with Gasteiger partial charge >= 0.3 is 0 Å². The van der Waals surface area contributed by atoms with Crippen molar-refractivity contribution in [2.75, 3.05) is 0 Å². The number of halogens is 2. The van der Waals surface area contributed by atoms with Crippen molar-refractivity contribution in [3.63, 3.8) is 0 Å². The Balaban J connectivity index is 3.19. The third-order valence-electron chi connectivity index (χ3n) is 0.840. The molecule has 0 amide bonds. The first-order chi connectivity index (χ1) is 3.72. The van der Waals surface area contributed by atoms with Crippen LogP contribution in [0.2, 0.25) is 0 Å². The fourth-order valence-corrected chi connectivity index (χ4v) is 0.387. The largest absolute Gasteiger partial charge is 0.247 e. The summed E-state index contributed by atoms with van der Waals surface area (Å²) in [4.78, 5) is -0.296. The Morgan fingerprint density at radius 3 is 2.50 bits per heavy atom. The zero-order chi connectivity index (χ0) is 6.15. The highest BCUT2D eigenvalue weighted by atomic mass is 19.2. The van der Waals surface area contributed by atoms with Gasteiger partial charge in [-0.2, -0.15) is 4.39 Å². The zero-order valence-corrected chi connectivity index (χ0v) is 4.23. The Kier molecular flexibility index (Phi) is 1.00. The molecule has 0 fully saturated rings. The van der Waals surface area contributed by atoms with E-state index in [1.165, 1.54) is 6.92 Å². The molecule has 1 aromatic heterocycles. The van der Waals surface area contributed by atoms with Crippen LogP contribution >= 0.6 is 0 Å². The maximum absolute atomic E-state index is 12.0. The molecule has 0 atom stereocenters. The van der Waals surface area contributed by atoms with Gasteiger partial charge in [0.15, 0.2) is 0 Å². The van der Waals surface area contributed by atoms with Crippen LogP contribution in [0.15, 0.2) is 6.20 Å². The van der Waals surface area contributed by atoms with Gasteiger partial charge in [-0.15, -0.1) is 5.10 Å². The molecule has 0 aromatic carbocycles. The van der Waals surface area contributed by atoms with Crippen LogP contribution in [-0.4, -0.2) is 10.0 Å². The van der Waals surface area contributed by atoms with Gasteiger partial charge < -0.3 is 0 Å². The minimum atomic E-state index is -0.926. The standard InChI is InChI=1S/C4H4F2N2/c1-3-2-7-8(6)4(3)5/h2H,1H3. The molecule has 0 saturated heterocycles. The zero-order valence-electron chi connectivity index (χ0n) is 4.23. The predicted molar refractivity (Wildman–Crippen MR) is 23.4 cm³/mol. The van der Waals surface area contributed by atoms with Gasteiger partial charge in [-0.05, 0) is 6.92 Å². The van der Waals surface area contributed by atoms with Crippen LogP contribution in [0.25, 0.3) is 0 Å². The second-order valence-corrected chi connectivity index (χ2v) is 1.48. The highest BCUT2D eigenvalue weighted by Crippen LogP contribution is 2.02. The topological polar surface area (TPSA) is 17.8 Å². The van der Waals surface area contributed by atoms with E-state index in [4.69, 9.17) is 0 Å². The monoisotopic (exact) mass is 118 g/mol. The van der Waals surface area contributed by atoms with Gasteiger partial charge in [-0.25, -0.2) is 0 Å². The van der Waals surface area contributed by atoms with Gasteiger partial charge in [-0.1, -0.05) is 9.39 Å². The highest BCUT2D eigenvalue weighted by Gasteiger charge is 2.02. The molecule has 0 radical (unpaired) electrons. The van der Waals surface area contributed by atoms with Gasteiger partial charge in [0.1, 0.15) is 0 Å². The van der Waals surface area contributed by atoms with E-state index in [1.807, 2.05) is 0 Å². The summed E-state index contributed by atoms with van der Waals surface area (Å²) in [5.74, 6) is -0.926. The van der Waals surface area contributed by atoms with Crippen molar-refractivity contribution < 1.29 is 8.87 Å². The molecule has 0 spiro atoms. The first-order valence-electron chi connectivity index (χ1n) is 2.08. The fraction of sp³-hybridized carbons (Fsp3) is 0.250. The van der Waals surface area contributed by atoms with Crippen LogP contribution < -0.4 is 0 Å². The van der Waals surface area contributed by atoms with Crippen molar-refractivity contribution >= 4 is 0 Å². The average molecular weight is 118 g/mol. The fourth-order valence-electron chi connectivity index (χ4n) is 0.387. The van der Waals surface area contributed by atoms with Gasteiger partial charge in [0, 0.05) is 5.56 Å². The van der Waals surface area contributed by atoms with E-state index in [-0.39, 0.29) is 10.5 Å². The molecule has 1 rings (SSSR count). The van der Waals surface area contributed by atoms with Crippen molar-refractivity contribution in [3.05, 3.63) is 17.7 Å². The van der Waals surface area contributed by atoms with Gasteiger partial charge in [-0.3, -0.25) is 0 Å². The molecule has 0 aliphatic rings. The van der Waals surface area contributed by atoms with E-state index in [2.05, 4.69) is 5.10 Å². The lowest BCUT2D eigenvalue weighted by Crippen LogP contribution is -1.87. The van der Waals surface area contributed by atoms with Crippen molar-refractivity contribution in [1.82, 2.24) is 10.0 Å². The second-order valence-electron chi connectivity index (χ2n) is 1.48. The summed E-state index contributed by atoms with van der Waals surface area (Å²) in [5.41, 5.74) is 0.215. The molecule has 0 aliphatic heterocycles. The van der Waals surface area contributed by atoms with E-state index in [0.717, 1.165) is 6.20 Å². The third kappa shape index (κ3) is 0.576. The van der Waals surface area contributed by atoms with E-state index in [9.17, 15) is 8.87 Å². The predicted octanol–water partition coefficient (Wildman–Crippen LogP) is 1.06. The van der Waals surface area contributed by atoms with Crippen molar-refractivity contribution in [3.8, 4) is 0 Å². The molecule has 1 heterocycles. The highest BCUT2D eigenvalue weighted by molar-refractivity contribution is 5.01. The van der Waals surface area contributed by atoms with Crippen LogP contribution in [0.3, 0.4) is 0 Å². The van der Waals surface area contributed by atoms with Gasteiger partial charge in [0.25, 0.3) is 0 Å². The molecule has 1 aromatic rings. The summed E-state index contributed by atoms with van der Waals surface area (Å²) < 4.78 is 23.8. The Morgan fingerprint density at radius 2 is 2.38 bits per heavy atom. The van der Waals surface area contributed by atoms with Crippen LogP contribution in [0.4, 0.5) is 8.87 Å². The lowest BCUT2D eigenvalue weighted by Gasteiger charge is -1.80. The van der Waals surface area contributed by atoms with E-state index < -0.39 is 5.95 Å². The molecule has 8 heavy (non-hydrogen) atoms. The molecular weight excluding hydrogens is 114 g/mol. The van der Waals surface area contributed by atoms with E-state index >= 15 is 0 Å². The maximum Gasteiger partial charge on any atom is 0.247 e. The first kappa shape index (κ1) is 5.21. The molecule has 0 saturated carbocycles. The van der Waals surface area contributed by atoms with Crippen molar-refractivity contribution in [2.24, 2.45) is 0 Å². The summed E-state index contributed by atoms with van der Waals surface area (Å²) >= 11 is 0. The van der Waals surface area contributed by atoms with E-state index in [1.54, 1.807) is 0 Å². The summed E-state index contributed by atoms with van der Waals surface area (Å²) in [6.45, 7) is 1.44. The molecule has 44 valence electrons.